The number of hydrogen-bond acceptors (Lipinski definition) is 5. The summed E-state index contributed by atoms with van der Waals surface area (Å²) in [5.41, 5.74) is 2.05. The fraction of sp³-hybridized carbons (Fsp3) is 0.188. The van der Waals surface area contributed by atoms with Gasteiger partial charge in [0, 0.05) is 0 Å². The van der Waals surface area contributed by atoms with Gasteiger partial charge in [0.15, 0.2) is 5.78 Å². The smallest absolute Gasteiger partial charge is 0.365 e. The molecule has 0 spiro atoms. The minimum Gasteiger partial charge on any atom is -0.497 e. The van der Waals surface area contributed by atoms with Crippen molar-refractivity contribution >= 4 is 17.5 Å². The van der Waals surface area contributed by atoms with Gasteiger partial charge in [-0.2, -0.15) is 0 Å². The molecular formula is C16H15NO4. The van der Waals surface area contributed by atoms with Gasteiger partial charge in [-0.15, -0.1) is 0 Å². The van der Waals surface area contributed by atoms with Crippen molar-refractivity contribution in [2.75, 3.05) is 7.11 Å². The predicted molar refractivity (Wildman–Crippen MR) is 78.4 cm³/mol. The first-order valence-corrected chi connectivity index (χ1v) is 6.36. The third kappa shape index (κ3) is 3.45. The highest BCUT2D eigenvalue weighted by Crippen LogP contribution is 2.14. The molecule has 0 fully saturated rings. The van der Waals surface area contributed by atoms with Crippen molar-refractivity contribution in [1.29, 1.82) is 0 Å². The van der Waals surface area contributed by atoms with Crippen molar-refractivity contribution in [3.63, 3.8) is 0 Å². The van der Waals surface area contributed by atoms with Crippen LogP contribution >= 0.6 is 0 Å². The Morgan fingerprint density at radius 3 is 2.33 bits per heavy atom. The van der Waals surface area contributed by atoms with Gasteiger partial charge in [0.1, 0.15) is 11.5 Å². The summed E-state index contributed by atoms with van der Waals surface area (Å²) in [4.78, 5) is 28.2. The highest BCUT2D eigenvalue weighted by Gasteiger charge is 2.14. The first kappa shape index (κ1) is 14.7. The van der Waals surface area contributed by atoms with E-state index >= 15 is 0 Å². The molecule has 5 nitrogen and oxygen atoms in total. The first-order chi connectivity index (χ1) is 10.0. The van der Waals surface area contributed by atoms with Gasteiger partial charge < -0.3 is 9.57 Å². The average molecular weight is 285 g/mol. The van der Waals surface area contributed by atoms with Crippen LogP contribution in [0.2, 0.25) is 0 Å². The quantitative estimate of drug-likeness (QED) is 0.486. The summed E-state index contributed by atoms with van der Waals surface area (Å²) >= 11 is 0. The summed E-state index contributed by atoms with van der Waals surface area (Å²) < 4.78 is 5.01. The number of nitrogens with zero attached hydrogens (tertiary/aromatic N) is 1. The Bertz CT molecular complexity index is 666. The van der Waals surface area contributed by atoms with Gasteiger partial charge >= 0.3 is 5.97 Å². The molecule has 1 aliphatic rings. The lowest BCUT2D eigenvalue weighted by molar-refractivity contribution is -0.111. The number of hydrogen-bond donors (Lipinski definition) is 0. The van der Waals surface area contributed by atoms with Crippen LogP contribution in [0.1, 0.15) is 24.2 Å². The van der Waals surface area contributed by atoms with Crippen LogP contribution in [0, 0.1) is 0 Å². The molecular weight excluding hydrogens is 270 g/mol. The number of oxime groups is 1. The molecule has 0 atom stereocenters. The average Bonchev–Trinajstić information content (AvgIpc) is 2.49. The Balaban J connectivity index is 2.11. The molecule has 0 unspecified atom stereocenters. The van der Waals surface area contributed by atoms with Gasteiger partial charge in [-0.1, -0.05) is 5.16 Å². The number of allylic oxidation sites excluding steroid dienone is 4. The largest absolute Gasteiger partial charge is 0.497 e. The number of carbonyl (C=O) groups is 2. The maximum atomic E-state index is 11.9. The molecule has 0 aromatic heterocycles. The van der Waals surface area contributed by atoms with Crippen LogP contribution in [0.5, 0.6) is 5.75 Å². The second-order valence-electron chi connectivity index (χ2n) is 4.60. The zero-order valence-corrected chi connectivity index (χ0v) is 12.0. The van der Waals surface area contributed by atoms with Gasteiger partial charge in [-0.05, 0) is 61.4 Å². The minimum atomic E-state index is -0.569. The molecule has 1 aliphatic carbocycles. The molecule has 0 bridgehead atoms. The van der Waals surface area contributed by atoms with E-state index in [1.807, 2.05) is 0 Å². The highest BCUT2D eigenvalue weighted by molar-refractivity contribution is 6.21. The standard InChI is InChI=1S/C16H15NO4/c1-10-9-15(18)11(2)8-14(10)17-21-16(19)12-4-6-13(20-3)7-5-12/h4-9H,1-3H3. The number of ether oxygens (including phenoxy) is 1. The monoisotopic (exact) mass is 285 g/mol. The molecule has 0 N–H and O–H groups in total. The zero-order valence-electron chi connectivity index (χ0n) is 12.0. The summed E-state index contributed by atoms with van der Waals surface area (Å²) in [5.74, 6) is 0.0230. The van der Waals surface area contributed by atoms with E-state index in [1.165, 1.54) is 6.08 Å². The molecule has 108 valence electrons. The van der Waals surface area contributed by atoms with Gasteiger partial charge in [0.2, 0.25) is 0 Å². The number of ketones is 1. The van der Waals surface area contributed by atoms with Crippen LogP contribution in [-0.4, -0.2) is 24.6 Å². The van der Waals surface area contributed by atoms with Crippen LogP contribution in [0.3, 0.4) is 0 Å². The molecule has 0 saturated heterocycles. The summed E-state index contributed by atoms with van der Waals surface area (Å²) in [7, 11) is 1.55. The SMILES string of the molecule is COc1ccc(C(=O)ON=C2C=C(C)C(=O)C=C2C)cc1. The van der Waals surface area contributed by atoms with E-state index in [2.05, 4.69) is 5.16 Å². The van der Waals surface area contributed by atoms with Gasteiger partial charge in [0.05, 0.1) is 12.7 Å². The summed E-state index contributed by atoms with van der Waals surface area (Å²) in [5, 5.41) is 3.81. The molecule has 0 radical (unpaired) electrons. The second-order valence-corrected chi connectivity index (χ2v) is 4.60. The fourth-order valence-electron chi connectivity index (χ4n) is 1.74. The lowest BCUT2D eigenvalue weighted by Crippen LogP contribution is -2.11. The first-order valence-electron chi connectivity index (χ1n) is 6.36. The number of benzene rings is 1. The molecule has 2 rings (SSSR count). The van der Waals surface area contributed by atoms with Crippen LogP contribution < -0.4 is 4.74 Å². The van der Waals surface area contributed by atoms with E-state index in [0.29, 0.717) is 28.2 Å². The van der Waals surface area contributed by atoms with E-state index < -0.39 is 5.97 Å². The van der Waals surface area contributed by atoms with Crippen LogP contribution in [0.4, 0.5) is 0 Å². The van der Waals surface area contributed by atoms with Gasteiger partial charge in [-0.3, -0.25) is 4.79 Å². The van der Waals surface area contributed by atoms with E-state index in [0.717, 1.165) is 0 Å². The lowest BCUT2D eigenvalue weighted by Gasteiger charge is -2.08. The third-order valence-electron chi connectivity index (χ3n) is 3.05. The predicted octanol–water partition coefficient (Wildman–Crippen LogP) is 2.68. The summed E-state index contributed by atoms with van der Waals surface area (Å²) in [6.07, 6.45) is 3.06. The van der Waals surface area contributed by atoms with E-state index in [9.17, 15) is 9.59 Å². The normalized spacial score (nSPS) is 16.3. The molecule has 21 heavy (non-hydrogen) atoms. The topological polar surface area (TPSA) is 65.0 Å². The van der Waals surface area contributed by atoms with E-state index in [-0.39, 0.29) is 5.78 Å². The molecule has 0 amide bonds. The maximum Gasteiger partial charge on any atom is 0.365 e. The third-order valence-corrected chi connectivity index (χ3v) is 3.05. The fourth-order valence-corrected chi connectivity index (χ4v) is 1.74. The Labute approximate surface area is 122 Å². The van der Waals surface area contributed by atoms with Crippen molar-refractivity contribution < 1.29 is 19.2 Å². The van der Waals surface area contributed by atoms with E-state index in [4.69, 9.17) is 9.57 Å². The number of methoxy groups -OCH3 is 1. The minimum absolute atomic E-state index is 0.0621. The van der Waals surface area contributed by atoms with E-state index in [1.54, 1.807) is 51.3 Å². The second kappa shape index (κ2) is 6.17. The molecule has 1 aromatic rings. The Morgan fingerprint density at radius 1 is 1.05 bits per heavy atom. The Hall–Kier alpha value is -2.69. The van der Waals surface area contributed by atoms with Crippen molar-refractivity contribution in [3.05, 3.63) is 53.1 Å². The van der Waals surface area contributed by atoms with Gasteiger partial charge in [0.25, 0.3) is 0 Å². The molecule has 1 aromatic carbocycles. The molecule has 0 aliphatic heterocycles. The lowest BCUT2D eigenvalue weighted by atomic mass is 9.99. The van der Waals surface area contributed by atoms with Gasteiger partial charge in [-0.25, -0.2) is 4.79 Å². The Morgan fingerprint density at radius 2 is 1.71 bits per heavy atom. The summed E-state index contributed by atoms with van der Waals surface area (Å²) in [6.45, 7) is 3.42. The van der Waals surface area contributed by atoms with Crippen molar-refractivity contribution in [2.45, 2.75) is 13.8 Å². The Kier molecular flexibility index (Phi) is 4.33. The summed E-state index contributed by atoms with van der Waals surface area (Å²) in [6, 6.07) is 6.52. The maximum absolute atomic E-state index is 11.9. The number of carbonyl (C=O) groups excluding carboxylic acids is 2. The van der Waals surface area contributed by atoms with Crippen LogP contribution in [-0.2, 0) is 9.63 Å². The molecule has 0 saturated carbocycles. The molecule has 0 heterocycles. The molecule has 5 heteroatoms. The van der Waals surface area contributed by atoms with Crippen LogP contribution in [0.25, 0.3) is 0 Å². The number of rotatable bonds is 3. The van der Waals surface area contributed by atoms with Crippen molar-refractivity contribution in [3.8, 4) is 5.75 Å². The highest BCUT2D eigenvalue weighted by atomic mass is 16.7. The van der Waals surface area contributed by atoms with Crippen LogP contribution in [0.15, 0.2) is 52.7 Å². The zero-order chi connectivity index (χ0) is 15.4. The van der Waals surface area contributed by atoms with Crippen molar-refractivity contribution in [1.82, 2.24) is 0 Å². The van der Waals surface area contributed by atoms with Crippen molar-refractivity contribution in [2.24, 2.45) is 5.16 Å².